The van der Waals surface area contributed by atoms with E-state index in [-0.39, 0.29) is 17.6 Å². The lowest BCUT2D eigenvalue weighted by atomic mass is 10.1. The summed E-state index contributed by atoms with van der Waals surface area (Å²) in [5.74, 6) is 0.229. The highest BCUT2D eigenvalue weighted by molar-refractivity contribution is 6.29. The number of benzene rings is 1. The van der Waals surface area contributed by atoms with E-state index in [0.717, 1.165) is 11.8 Å². The molecule has 3 rings (SSSR count). The second kappa shape index (κ2) is 9.86. The van der Waals surface area contributed by atoms with Gasteiger partial charge in [-0.25, -0.2) is 14.8 Å². The van der Waals surface area contributed by atoms with Gasteiger partial charge in [-0.1, -0.05) is 35.9 Å². The number of pyridine rings is 1. The normalized spacial score (nSPS) is 11.7. The number of carbonyl (C=O) groups is 1. The minimum absolute atomic E-state index is 0.222. The molecule has 0 saturated heterocycles. The molecule has 32 heavy (non-hydrogen) atoms. The van der Waals surface area contributed by atoms with Crippen LogP contribution in [-0.2, 0) is 29.3 Å². The van der Waals surface area contributed by atoms with Crippen LogP contribution in [0.3, 0.4) is 0 Å². The monoisotopic (exact) mass is 464 g/mol. The number of nitrogens with zero attached hydrogens (tertiary/aromatic N) is 3. The van der Waals surface area contributed by atoms with Crippen LogP contribution in [0.2, 0.25) is 5.15 Å². The van der Waals surface area contributed by atoms with E-state index in [4.69, 9.17) is 16.3 Å². The van der Waals surface area contributed by atoms with Gasteiger partial charge in [-0.15, -0.1) is 0 Å². The molecular weight excluding hydrogens is 445 g/mol. The molecule has 1 N–H and O–H groups in total. The van der Waals surface area contributed by atoms with Gasteiger partial charge in [0.05, 0.1) is 6.61 Å². The van der Waals surface area contributed by atoms with Crippen LogP contribution in [0.5, 0.6) is 0 Å². The van der Waals surface area contributed by atoms with Crippen molar-refractivity contribution < 1.29 is 22.7 Å². The molecule has 0 radical (unpaired) electrons. The number of imidazole rings is 1. The third-order valence-electron chi connectivity index (χ3n) is 4.42. The molecule has 3 aromatic rings. The molecule has 1 aromatic carbocycles. The molecule has 0 aliphatic heterocycles. The first-order chi connectivity index (χ1) is 15.2. The standard InChI is InChI=1S/C22H20ClF3N4O2/c1-3-32-19(31)11-9-15-8-10-18(23)29-20(15)27-12-14-4-6-16(7-5-14)21-28-17(13-30(21)2)22(24,25)26/h4-11,13H,3,12H2,1-2H3,(H,27,29)/b11-9+. The molecule has 0 unspecified atom stereocenters. The molecule has 0 spiro atoms. The molecule has 6 nitrogen and oxygen atoms in total. The van der Waals surface area contributed by atoms with Crippen LogP contribution in [0.4, 0.5) is 19.0 Å². The molecule has 0 aliphatic rings. The van der Waals surface area contributed by atoms with E-state index in [0.29, 0.717) is 23.5 Å². The van der Waals surface area contributed by atoms with Crippen LogP contribution in [0.15, 0.2) is 48.7 Å². The molecular formula is C22H20ClF3N4O2. The van der Waals surface area contributed by atoms with Crippen molar-refractivity contribution in [2.45, 2.75) is 19.6 Å². The quantitative estimate of drug-likeness (QED) is 0.290. The number of halogens is 4. The zero-order chi connectivity index (χ0) is 23.3. The van der Waals surface area contributed by atoms with Gasteiger partial charge in [0.2, 0.25) is 0 Å². The minimum atomic E-state index is -4.50. The highest BCUT2D eigenvalue weighted by atomic mass is 35.5. The maximum Gasteiger partial charge on any atom is 0.434 e. The van der Waals surface area contributed by atoms with Gasteiger partial charge in [0.25, 0.3) is 0 Å². The first-order valence-electron chi connectivity index (χ1n) is 9.62. The van der Waals surface area contributed by atoms with E-state index in [1.165, 1.54) is 17.7 Å². The third-order valence-corrected chi connectivity index (χ3v) is 4.63. The number of hydrogen-bond donors (Lipinski definition) is 1. The molecule has 168 valence electrons. The number of ether oxygens (including phenoxy) is 1. The van der Waals surface area contributed by atoms with Gasteiger partial charge in [0.15, 0.2) is 5.69 Å². The molecule has 2 aromatic heterocycles. The summed E-state index contributed by atoms with van der Waals surface area (Å²) in [4.78, 5) is 19.5. The largest absolute Gasteiger partial charge is 0.463 e. The summed E-state index contributed by atoms with van der Waals surface area (Å²) in [6.07, 6.45) is -0.660. The van der Waals surface area contributed by atoms with E-state index < -0.39 is 17.8 Å². The van der Waals surface area contributed by atoms with Crippen molar-refractivity contribution in [1.82, 2.24) is 14.5 Å². The Morgan fingerprint density at radius 3 is 2.53 bits per heavy atom. The number of anilines is 1. The molecule has 0 amide bonds. The first-order valence-corrected chi connectivity index (χ1v) is 10.00. The fourth-order valence-electron chi connectivity index (χ4n) is 2.90. The van der Waals surface area contributed by atoms with Gasteiger partial charge >= 0.3 is 12.1 Å². The van der Waals surface area contributed by atoms with Crippen LogP contribution in [-0.4, -0.2) is 27.1 Å². The van der Waals surface area contributed by atoms with Gasteiger partial charge in [-0.3, -0.25) is 0 Å². The maximum absolute atomic E-state index is 12.9. The zero-order valence-electron chi connectivity index (χ0n) is 17.3. The fraction of sp³-hybridized carbons (Fsp3) is 0.227. The van der Waals surface area contributed by atoms with Crippen molar-refractivity contribution in [1.29, 1.82) is 0 Å². The van der Waals surface area contributed by atoms with Crippen molar-refractivity contribution in [3.63, 3.8) is 0 Å². The Hall–Kier alpha value is -3.33. The number of esters is 1. The first kappa shape index (κ1) is 23.3. The van der Waals surface area contributed by atoms with Crippen molar-refractivity contribution in [2.75, 3.05) is 11.9 Å². The Balaban J connectivity index is 1.73. The summed E-state index contributed by atoms with van der Waals surface area (Å²) in [6, 6.07) is 10.3. The number of hydrogen-bond acceptors (Lipinski definition) is 5. The lowest BCUT2D eigenvalue weighted by Crippen LogP contribution is -2.05. The topological polar surface area (TPSA) is 69.0 Å². The van der Waals surface area contributed by atoms with Crippen molar-refractivity contribution >= 4 is 29.5 Å². The summed E-state index contributed by atoms with van der Waals surface area (Å²) in [5, 5.41) is 3.44. The minimum Gasteiger partial charge on any atom is -0.463 e. The smallest absolute Gasteiger partial charge is 0.434 e. The van der Waals surface area contributed by atoms with Crippen molar-refractivity contribution in [3.8, 4) is 11.4 Å². The second-order valence-corrected chi connectivity index (χ2v) is 7.15. The van der Waals surface area contributed by atoms with Gasteiger partial charge in [-0.05, 0) is 30.7 Å². The Labute approximate surface area is 187 Å². The number of carbonyl (C=O) groups excluding carboxylic acids is 1. The number of nitrogens with one attached hydrogen (secondary N) is 1. The summed E-state index contributed by atoms with van der Waals surface area (Å²) in [6.45, 7) is 2.37. The second-order valence-electron chi connectivity index (χ2n) is 6.77. The molecule has 2 heterocycles. The van der Waals surface area contributed by atoms with E-state index in [2.05, 4.69) is 15.3 Å². The SMILES string of the molecule is CCOC(=O)/C=C/c1ccc(Cl)nc1NCc1ccc(-c2nc(C(F)(F)F)cn2C)cc1. The molecule has 0 fully saturated rings. The molecule has 10 heteroatoms. The Bertz CT molecular complexity index is 1130. The lowest BCUT2D eigenvalue weighted by molar-refractivity contribution is -0.141. The van der Waals surface area contributed by atoms with Crippen LogP contribution in [0.1, 0.15) is 23.7 Å². The summed E-state index contributed by atoms with van der Waals surface area (Å²) in [7, 11) is 1.52. The predicted octanol–water partition coefficient (Wildman–Crippen LogP) is 5.34. The van der Waals surface area contributed by atoms with Gasteiger partial charge < -0.3 is 14.6 Å². The Morgan fingerprint density at radius 2 is 1.91 bits per heavy atom. The maximum atomic E-state index is 12.9. The van der Waals surface area contributed by atoms with Gasteiger partial charge in [-0.2, -0.15) is 13.2 Å². The molecule has 0 bridgehead atoms. The van der Waals surface area contributed by atoms with Gasteiger partial charge in [0, 0.05) is 37.0 Å². The van der Waals surface area contributed by atoms with Crippen LogP contribution in [0.25, 0.3) is 17.5 Å². The number of aromatic nitrogens is 3. The molecule has 0 saturated carbocycles. The van der Waals surface area contributed by atoms with Gasteiger partial charge in [0.1, 0.15) is 16.8 Å². The van der Waals surface area contributed by atoms with E-state index >= 15 is 0 Å². The molecule has 0 atom stereocenters. The van der Waals surface area contributed by atoms with Crippen LogP contribution in [0, 0.1) is 0 Å². The zero-order valence-corrected chi connectivity index (χ0v) is 18.0. The third kappa shape index (κ3) is 5.88. The van der Waals surface area contributed by atoms with E-state index in [9.17, 15) is 18.0 Å². The summed E-state index contributed by atoms with van der Waals surface area (Å²) in [5.41, 5.74) is 1.13. The number of rotatable bonds is 7. The van der Waals surface area contributed by atoms with E-state index in [1.807, 2.05) is 0 Å². The van der Waals surface area contributed by atoms with Crippen molar-refractivity contribution in [3.05, 3.63) is 70.6 Å². The molecule has 0 aliphatic carbocycles. The van der Waals surface area contributed by atoms with Crippen LogP contribution >= 0.6 is 11.6 Å². The average Bonchev–Trinajstić information content (AvgIpc) is 3.14. The highest BCUT2D eigenvalue weighted by Gasteiger charge is 2.34. The highest BCUT2D eigenvalue weighted by Crippen LogP contribution is 2.30. The van der Waals surface area contributed by atoms with Crippen LogP contribution < -0.4 is 5.32 Å². The van der Waals surface area contributed by atoms with Crippen molar-refractivity contribution in [2.24, 2.45) is 7.05 Å². The average molecular weight is 465 g/mol. The summed E-state index contributed by atoms with van der Waals surface area (Å²) >= 11 is 5.99. The Kier molecular flexibility index (Phi) is 7.19. The Morgan fingerprint density at radius 1 is 1.19 bits per heavy atom. The van der Waals surface area contributed by atoms with E-state index in [1.54, 1.807) is 49.4 Å². The number of alkyl halides is 3. The number of aryl methyl sites for hydroxylation is 1. The fourth-order valence-corrected chi connectivity index (χ4v) is 3.05. The summed E-state index contributed by atoms with van der Waals surface area (Å²) < 4.78 is 44.9. The lowest BCUT2D eigenvalue weighted by Gasteiger charge is -2.10. The predicted molar refractivity (Wildman–Crippen MR) is 116 cm³/mol.